The summed E-state index contributed by atoms with van der Waals surface area (Å²) in [5, 5.41) is 4.84. The molecule has 2 aromatic rings. The molecule has 1 aromatic heterocycles. The van der Waals surface area contributed by atoms with Crippen molar-refractivity contribution in [3.63, 3.8) is 0 Å². The van der Waals surface area contributed by atoms with Crippen LogP contribution in [0.2, 0.25) is 0 Å². The number of hydrogen-bond acceptors (Lipinski definition) is 3. The molecule has 2 heterocycles. The fourth-order valence-electron chi connectivity index (χ4n) is 3.22. The second kappa shape index (κ2) is 5.98. The Balaban J connectivity index is 2.08. The number of ether oxygens (including phenoxy) is 1. The zero-order valence-electron chi connectivity index (χ0n) is 12.3. The van der Waals surface area contributed by atoms with Gasteiger partial charge < -0.3 is 14.5 Å². The number of furan rings is 1. The van der Waals surface area contributed by atoms with Crippen LogP contribution in [0.3, 0.4) is 0 Å². The largest absolute Gasteiger partial charge is 0.461 e. The second-order valence-electron chi connectivity index (χ2n) is 5.38. The van der Waals surface area contributed by atoms with E-state index in [2.05, 4.69) is 37.4 Å². The lowest BCUT2D eigenvalue weighted by Crippen LogP contribution is -2.32. The molecule has 0 aliphatic carbocycles. The van der Waals surface area contributed by atoms with Crippen molar-refractivity contribution < 1.29 is 9.15 Å². The van der Waals surface area contributed by atoms with Crippen LogP contribution < -0.4 is 5.32 Å². The summed E-state index contributed by atoms with van der Waals surface area (Å²) >= 11 is 0. The van der Waals surface area contributed by atoms with Gasteiger partial charge in [0, 0.05) is 24.0 Å². The van der Waals surface area contributed by atoms with E-state index in [4.69, 9.17) is 9.15 Å². The van der Waals surface area contributed by atoms with E-state index in [0.717, 1.165) is 43.8 Å². The number of benzene rings is 1. The van der Waals surface area contributed by atoms with Gasteiger partial charge in [-0.25, -0.2) is 0 Å². The normalized spacial score (nSPS) is 20.6. The average Bonchev–Trinajstić information content (AvgIpc) is 3.12. The lowest BCUT2D eigenvalue weighted by Gasteiger charge is -2.24. The minimum atomic E-state index is 0.237. The molecule has 0 amide bonds. The van der Waals surface area contributed by atoms with E-state index in [9.17, 15) is 0 Å². The van der Waals surface area contributed by atoms with Gasteiger partial charge in [0.1, 0.15) is 11.3 Å². The highest BCUT2D eigenvalue weighted by Gasteiger charge is 2.31. The van der Waals surface area contributed by atoms with Gasteiger partial charge in [0.15, 0.2) is 0 Å². The molecule has 0 radical (unpaired) electrons. The van der Waals surface area contributed by atoms with Crippen LogP contribution in [0.1, 0.15) is 44.1 Å². The highest BCUT2D eigenvalue weighted by atomic mass is 16.5. The van der Waals surface area contributed by atoms with Crippen LogP contribution in [0.4, 0.5) is 0 Å². The summed E-state index contributed by atoms with van der Waals surface area (Å²) in [5.41, 5.74) is 2.29. The molecule has 20 heavy (non-hydrogen) atoms. The molecule has 0 spiro atoms. The summed E-state index contributed by atoms with van der Waals surface area (Å²) in [6, 6.07) is 8.56. The van der Waals surface area contributed by atoms with Gasteiger partial charge in [-0.1, -0.05) is 32.0 Å². The molecule has 1 aliphatic heterocycles. The number of hydrogen-bond donors (Lipinski definition) is 1. The summed E-state index contributed by atoms with van der Waals surface area (Å²) < 4.78 is 12.0. The van der Waals surface area contributed by atoms with E-state index in [1.54, 1.807) is 0 Å². The van der Waals surface area contributed by atoms with Gasteiger partial charge in [0.2, 0.25) is 0 Å². The topological polar surface area (TPSA) is 34.4 Å². The van der Waals surface area contributed by atoms with Crippen LogP contribution in [0.25, 0.3) is 11.0 Å². The molecule has 1 fully saturated rings. The van der Waals surface area contributed by atoms with E-state index in [-0.39, 0.29) is 12.1 Å². The number of likely N-dealkylation sites (N-methyl/N-ethyl adjacent to an activating group) is 1. The molecule has 3 rings (SSSR count). The highest BCUT2D eigenvalue weighted by molar-refractivity contribution is 5.83. The van der Waals surface area contributed by atoms with Gasteiger partial charge in [0.25, 0.3) is 0 Å². The third-order valence-electron chi connectivity index (χ3n) is 4.10. The summed E-state index contributed by atoms with van der Waals surface area (Å²) in [6.07, 6.45) is 3.46. The first kappa shape index (κ1) is 13.7. The van der Waals surface area contributed by atoms with Crippen molar-refractivity contribution in [1.29, 1.82) is 0 Å². The van der Waals surface area contributed by atoms with Crippen molar-refractivity contribution in [3.8, 4) is 0 Å². The molecular weight excluding hydrogens is 250 g/mol. The predicted molar refractivity (Wildman–Crippen MR) is 81.0 cm³/mol. The van der Waals surface area contributed by atoms with E-state index in [1.807, 2.05) is 6.07 Å². The van der Waals surface area contributed by atoms with Crippen LogP contribution in [0.5, 0.6) is 0 Å². The van der Waals surface area contributed by atoms with Gasteiger partial charge in [-0.15, -0.1) is 0 Å². The predicted octanol–water partition coefficient (Wildman–Crippen LogP) is 3.82. The Morgan fingerprint density at radius 2 is 2.15 bits per heavy atom. The molecular formula is C17H23NO2. The fraction of sp³-hybridized carbons (Fsp3) is 0.529. The third-order valence-corrected chi connectivity index (χ3v) is 4.10. The highest BCUT2D eigenvalue weighted by Crippen LogP contribution is 2.36. The Hall–Kier alpha value is -1.32. The van der Waals surface area contributed by atoms with Gasteiger partial charge in [-0.2, -0.15) is 0 Å². The van der Waals surface area contributed by atoms with Crippen LogP contribution in [-0.4, -0.2) is 19.3 Å². The number of aryl methyl sites for hydroxylation is 1. The van der Waals surface area contributed by atoms with Gasteiger partial charge in [-0.05, 0) is 25.5 Å². The first-order chi connectivity index (χ1) is 9.85. The molecule has 1 aromatic carbocycles. The summed E-state index contributed by atoms with van der Waals surface area (Å²) in [4.78, 5) is 0. The maximum Gasteiger partial charge on any atom is 0.134 e. The van der Waals surface area contributed by atoms with Crippen molar-refractivity contribution in [2.75, 3.05) is 13.2 Å². The van der Waals surface area contributed by atoms with Crippen molar-refractivity contribution in [1.82, 2.24) is 5.32 Å². The van der Waals surface area contributed by atoms with Crippen molar-refractivity contribution >= 4 is 11.0 Å². The first-order valence-electron chi connectivity index (χ1n) is 7.70. The molecule has 3 heteroatoms. The molecule has 1 N–H and O–H groups in total. The van der Waals surface area contributed by atoms with Crippen molar-refractivity contribution in [2.45, 2.75) is 45.3 Å². The Kier molecular flexibility index (Phi) is 4.08. The molecule has 0 bridgehead atoms. The molecule has 3 nitrogen and oxygen atoms in total. The third kappa shape index (κ3) is 2.36. The van der Waals surface area contributed by atoms with E-state index < -0.39 is 0 Å². The number of fused-ring (bicyclic) bond motifs is 1. The van der Waals surface area contributed by atoms with Crippen molar-refractivity contribution in [3.05, 3.63) is 35.6 Å². The average molecular weight is 273 g/mol. The minimum Gasteiger partial charge on any atom is -0.461 e. The monoisotopic (exact) mass is 273 g/mol. The quantitative estimate of drug-likeness (QED) is 0.899. The zero-order valence-corrected chi connectivity index (χ0v) is 12.3. The van der Waals surface area contributed by atoms with E-state index >= 15 is 0 Å². The number of rotatable bonds is 5. The fourth-order valence-corrected chi connectivity index (χ4v) is 3.22. The summed E-state index contributed by atoms with van der Waals surface area (Å²) in [7, 11) is 0. The zero-order chi connectivity index (χ0) is 13.9. The van der Waals surface area contributed by atoms with Crippen LogP contribution in [-0.2, 0) is 11.2 Å². The van der Waals surface area contributed by atoms with E-state index in [0.29, 0.717) is 0 Å². The second-order valence-corrected chi connectivity index (χ2v) is 5.38. The molecule has 1 aliphatic rings. The maximum atomic E-state index is 6.04. The van der Waals surface area contributed by atoms with Gasteiger partial charge in [0.05, 0.1) is 12.1 Å². The SMILES string of the molecule is CCNC(c1c(CC)oc2ccccc12)C1CCCO1. The summed E-state index contributed by atoms with van der Waals surface area (Å²) in [6.45, 7) is 6.12. The first-order valence-corrected chi connectivity index (χ1v) is 7.70. The maximum absolute atomic E-state index is 6.04. The Morgan fingerprint density at radius 1 is 1.30 bits per heavy atom. The van der Waals surface area contributed by atoms with Crippen LogP contribution in [0, 0.1) is 0 Å². The van der Waals surface area contributed by atoms with Gasteiger partial charge >= 0.3 is 0 Å². The molecule has 2 unspecified atom stereocenters. The lowest BCUT2D eigenvalue weighted by molar-refractivity contribution is 0.0786. The van der Waals surface area contributed by atoms with Gasteiger partial charge in [-0.3, -0.25) is 0 Å². The molecule has 0 saturated carbocycles. The lowest BCUT2D eigenvalue weighted by atomic mass is 9.95. The van der Waals surface area contributed by atoms with Crippen LogP contribution >= 0.6 is 0 Å². The Labute approximate surface area is 120 Å². The molecule has 1 saturated heterocycles. The Morgan fingerprint density at radius 3 is 2.85 bits per heavy atom. The molecule has 108 valence electrons. The Bertz CT molecular complexity index is 569. The number of nitrogens with one attached hydrogen (secondary N) is 1. The van der Waals surface area contributed by atoms with E-state index in [1.165, 1.54) is 10.9 Å². The summed E-state index contributed by atoms with van der Waals surface area (Å²) in [5.74, 6) is 1.09. The van der Waals surface area contributed by atoms with Crippen molar-refractivity contribution in [2.24, 2.45) is 0 Å². The molecule has 2 atom stereocenters. The minimum absolute atomic E-state index is 0.237. The number of para-hydroxylation sites is 1. The standard InChI is InChI=1S/C17H23NO2/c1-3-13-16(12-8-5-6-9-14(12)20-13)17(18-4-2)15-10-7-11-19-15/h5-6,8-9,15,17-18H,3-4,7,10-11H2,1-2H3. The smallest absolute Gasteiger partial charge is 0.134 e. The van der Waals surface area contributed by atoms with Crippen LogP contribution in [0.15, 0.2) is 28.7 Å².